The van der Waals surface area contributed by atoms with E-state index in [4.69, 9.17) is 10.5 Å². The molecule has 0 amide bonds. The van der Waals surface area contributed by atoms with Crippen molar-refractivity contribution >= 4 is 11.0 Å². The Labute approximate surface area is 167 Å². The summed E-state index contributed by atoms with van der Waals surface area (Å²) in [6, 6.07) is 5.77. The summed E-state index contributed by atoms with van der Waals surface area (Å²) in [6.07, 6.45) is -0.792. The van der Waals surface area contributed by atoms with Crippen LogP contribution >= 0.6 is 0 Å². The van der Waals surface area contributed by atoms with Crippen molar-refractivity contribution < 1.29 is 17.9 Å². The zero-order valence-corrected chi connectivity index (χ0v) is 16.9. The Balaban J connectivity index is 1.98. The van der Waals surface area contributed by atoms with Crippen LogP contribution in [0, 0.1) is 5.92 Å². The van der Waals surface area contributed by atoms with E-state index in [9.17, 15) is 13.2 Å². The van der Waals surface area contributed by atoms with Crippen LogP contribution in [0.2, 0.25) is 0 Å². The van der Waals surface area contributed by atoms with Gasteiger partial charge in [0, 0.05) is 29.7 Å². The standard InChI is InChI=1S/C21H25F3N4O/c1-13(2)10-20(3,25)11-29-17-6-5-14(9-16(17)21(22,23)24)18-15-7-8-28(4)19(15)27-12-26-18/h5-9,12-13H,10-11,25H2,1-4H3. The van der Waals surface area contributed by atoms with Gasteiger partial charge in [-0.3, -0.25) is 0 Å². The molecule has 0 aliphatic rings. The topological polar surface area (TPSA) is 66.0 Å². The van der Waals surface area contributed by atoms with Crippen LogP contribution in [0.15, 0.2) is 36.8 Å². The second kappa shape index (κ2) is 7.67. The number of nitrogens with two attached hydrogens (primary N) is 1. The molecule has 1 atom stereocenters. The Bertz CT molecular complexity index is 1010. The lowest BCUT2D eigenvalue weighted by Gasteiger charge is -2.27. The number of hydrogen-bond donors (Lipinski definition) is 1. The summed E-state index contributed by atoms with van der Waals surface area (Å²) in [5.41, 5.74) is 6.05. The second-order valence-corrected chi connectivity index (χ2v) is 8.14. The van der Waals surface area contributed by atoms with Crippen LogP contribution in [0.5, 0.6) is 5.75 Å². The predicted octanol–water partition coefficient (Wildman–Crippen LogP) is 4.80. The van der Waals surface area contributed by atoms with Crippen molar-refractivity contribution in [2.45, 2.75) is 38.9 Å². The fourth-order valence-corrected chi connectivity index (χ4v) is 3.57. The maximum absolute atomic E-state index is 13.7. The molecule has 0 radical (unpaired) electrons. The van der Waals surface area contributed by atoms with Gasteiger partial charge in [-0.1, -0.05) is 13.8 Å². The van der Waals surface area contributed by atoms with Gasteiger partial charge in [0.25, 0.3) is 0 Å². The van der Waals surface area contributed by atoms with Gasteiger partial charge in [-0.05, 0) is 43.5 Å². The van der Waals surface area contributed by atoms with Gasteiger partial charge in [0.15, 0.2) is 0 Å². The number of alkyl halides is 3. The highest BCUT2D eigenvalue weighted by molar-refractivity contribution is 5.91. The minimum Gasteiger partial charge on any atom is -0.491 e. The van der Waals surface area contributed by atoms with Crippen molar-refractivity contribution in [1.29, 1.82) is 0 Å². The van der Waals surface area contributed by atoms with Gasteiger partial charge in [-0.25, -0.2) is 9.97 Å². The molecule has 0 fully saturated rings. The van der Waals surface area contributed by atoms with Crippen LogP contribution in [0.1, 0.15) is 32.8 Å². The molecule has 8 heteroatoms. The van der Waals surface area contributed by atoms with Gasteiger partial charge >= 0.3 is 6.18 Å². The van der Waals surface area contributed by atoms with Crippen LogP contribution in [-0.2, 0) is 13.2 Å². The van der Waals surface area contributed by atoms with E-state index in [2.05, 4.69) is 9.97 Å². The second-order valence-electron chi connectivity index (χ2n) is 8.14. The molecule has 3 rings (SSSR count). The van der Waals surface area contributed by atoms with Crippen molar-refractivity contribution in [2.24, 2.45) is 18.7 Å². The van der Waals surface area contributed by atoms with Gasteiger partial charge in [0.2, 0.25) is 0 Å². The van der Waals surface area contributed by atoms with Crippen LogP contribution in [-0.4, -0.2) is 26.7 Å². The van der Waals surface area contributed by atoms with E-state index in [1.165, 1.54) is 12.4 Å². The van der Waals surface area contributed by atoms with E-state index in [1.807, 2.05) is 20.9 Å². The summed E-state index contributed by atoms with van der Waals surface area (Å²) >= 11 is 0. The predicted molar refractivity (Wildman–Crippen MR) is 106 cm³/mol. The van der Waals surface area contributed by atoms with Crippen molar-refractivity contribution in [3.63, 3.8) is 0 Å². The molecule has 0 aliphatic heterocycles. The van der Waals surface area contributed by atoms with Crippen LogP contribution < -0.4 is 10.5 Å². The van der Waals surface area contributed by atoms with Gasteiger partial charge in [0.1, 0.15) is 24.3 Å². The molecule has 1 unspecified atom stereocenters. The van der Waals surface area contributed by atoms with Gasteiger partial charge in [-0.15, -0.1) is 0 Å². The first-order chi connectivity index (χ1) is 13.5. The lowest BCUT2D eigenvalue weighted by molar-refractivity contribution is -0.139. The Morgan fingerprint density at radius 2 is 1.90 bits per heavy atom. The molecule has 1 aromatic carbocycles. The van der Waals surface area contributed by atoms with Crippen molar-refractivity contribution in [3.05, 3.63) is 42.4 Å². The zero-order valence-electron chi connectivity index (χ0n) is 16.9. The molecule has 3 aromatic rings. The summed E-state index contributed by atoms with van der Waals surface area (Å²) in [7, 11) is 1.82. The summed E-state index contributed by atoms with van der Waals surface area (Å²) in [4.78, 5) is 8.40. The summed E-state index contributed by atoms with van der Waals surface area (Å²) in [6.45, 7) is 5.78. The quantitative estimate of drug-likeness (QED) is 0.639. The highest BCUT2D eigenvalue weighted by atomic mass is 19.4. The first-order valence-corrected chi connectivity index (χ1v) is 9.37. The number of benzene rings is 1. The van der Waals surface area contributed by atoms with E-state index >= 15 is 0 Å². The summed E-state index contributed by atoms with van der Waals surface area (Å²) in [5, 5.41) is 0.684. The minimum absolute atomic E-state index is 0.00988. The van der Waals surface area contributed by atoms with Gasteiger partial charge < -0.3 is 15.0 Å². The molecular weight excluding hydrogens is 381 g/mol. The Morgan fingerprint density at radius 1 is 1.17 bits per heavy atom. The molecule has 0 aliphatic carbocycles. The molecular formula is C21H25F3N4O. The molecule has 156 valence electrons. The van der Waals surface area contributed by atoms with Gasteiger partial charge in [-0.2, -0.15) is 13.2 Å². The van der Waals surface area contributed by atoms with E-state index in [0.717, 1.165) is 6.07 Å². The Kier molecular flexibility index (Phi) is 5.58. The highest BCUT2D eigenvalue weighted by Crippen LogP contribution is 2.39. The third-order valence-corrected chi connectivity index (χ3v) is 4.65. The van der Waals surface area contributed by atoms with Crippen molar-refractivity contribution in [3.8, 4) is 17.0 Å². The number of aryl methyl sites for hydroxylation is 1. The minimum atomic E-state index is -4.57. The molecule has 2 heterocycles. The smallest absolute Gasteiger partial charge is 0.419 e. The first-order valence-electron chi connectivity index (χ1n) is 9.37. The summed E-state index contributed by atoms with van der Waals surface area (Å²) in [5.74, 6) is 0.0733. The lowest BCUT2D eigenvalue weighted by atomic mass is 9.93. The Morgan fingerprint density at radius 3 is 2.55 bits per heavy atom. The number of rotatable bonds is 6. The van der Waals surface area contributed by atoms with Crippen molar-refractivity contribution in [2.75, 3.05) is 6.61 Å². The third-order valence-electron chi connectivity index (χ3n) is 4.65. The van der Waals surface area contributed by atoms with E-state index < -0.39 is 17.3 Å². The highest BCUT2D eigenvalue weighted by Gasteiger charge is 2.35. The largest absolute Gasteiger partial charge is 0.491 e. The molecule has 0 bridgehead atoms. The van der Waals surface area contributed by atoms with E-state index in [0.29, 0.717) is 34.6 Å². The number of ether oxygens (including phenoxy) is 1. The molecule has 0 saturated carbocycles. The van der Waals surface area contributed by atoms with Crippen molar-refractivity contribution in [1.82, 2.24) is 14.5 Å². The molecule has 0 spiro atoms. The number of aromatic nitrogens is 3. The monoisotopic (exact) mass is 406 g/mol. The maximum atomic E-state index is 13.7. The average Bonchev–Trinajstić information content (AvgIpc) is 2.99. The fourth-order valence-electron chi connectivity index (χ4n) is 3.57. The van der Waals surface area contributed by atoms with Crippen LogP contribution in [0.4, 0.5) is 13.2 Å². The fraction of sp³-hybridized carbons (Fsp3) is 0.429. The Hall–Kier alpha value is -2.61. The molecule has 2 aromatic heterocycles. The normalized spacial score (nSPS) is 14.4. The van der Waals surface area contributed by atoms with E-state index in [-0.39, 0.29) is 12.4 Å². The van der Waals surface area contributed by atoms with Crippen LogP contribution in [0.25, 0.3) is 22.3 Å². The maximum Gasteiger partial charge on any atom is 0.419 e. The SMILES string of the molecule is CC(C)CC(C)(N)COc1ccc(-c2ncnc3c2ccn3C)cc1C(F)(F)F. The molecule has 29 heavy (non-hydrogen) atoms. The lowest BCUT2D eigenvalue weighted by Crippen LogP contribution is -2.43. The summed E-state index contributed by atoms with van der Waals surface area (Å²) < 4.78 is 48.6. The zero-order chi connectivity index (χ0) is 21.4. The molecule has 5 nitrogen and oxygen atoms in total. The number of nitrogens with zero attached hydrogens (tertiary/aromatic N) is 3. The number of hydrogen-bond acceptors (Lipinski definition) is 4. The first kappa shape index (κ1) is 21.1. The number of fused-ring (bicyclic) bond motifs is 1. The third kappa shape index (κ3) is 4.70. The molecule has 2 N–H and O–H groups in total. The average molecular weight is 406 g/mol. The van der Waals surface area contributed by atoms with Crippen LogP contribution in [0.3, 0.4) is 0 Å². The van der Waals surface area contributed by atoms with E-state index in [1.54, 1.807) is 29.8 Å². The molecule has 0 saturated heterocycles. The number of halogens is 3. The van der Waals surface area contributed by atoms with Gasteiger partial charge in [0.05, 0.1) is 11.3 Å².